The first kappa shape index (κ1) is 25.1. The van der Waals surface area contributed by atoms with Crippen LogP contribution in [-0.2, 0) is 19.0 Å². The third-order valence-corrected chi connectivity index (χ3v) is 5.13. The lowest BCUT2D eigenvalue weighted by atomic mass is 10.1. The van der Waals surface area contributed by atoms with Crippen LogP contribution >= 0.6 is 35.3 Å². The van der Waals surface area contributed by atoms with Gasteiger partial charge in [0.2, 0.25) is 5.89 Å². The van der Waals surface area contributed by atoms with E-state index in [1.54, 1.807) is 13.3 Å². The SMILES string of the molecule is CN=C(NCCc1coc(-c2ccc(C)cc2)n1)NCCc1nc(C(F)(F)F)cs1.I. The van der Waals surface area contributed by atoms with E-state index in [0.717, 1.165) is 28.0 Å². The highest BCUT2D eigenvalue weighted by Crippen LogP contribution is 2.30. The smallest absolute Gasteiger partial charge is 0.434 e. The molecule has 2 heterocycles. The van der Waals surface area contributed by atoms with E-state index in [1.807, 2.05) is 31.2 Å². The number of nitrogens with one attached hydrogen (secondary N) is 2. The lowest BCUT2D eigenvalue weighted by molar-refractivity contribution is -0.140. The molecule has 168 valence electrons. The number of alkyl halides is 3. The van der Waals surface area contributed by atoms with E-state index in [1.165, 1.54) is 5.56 Å². The first-order valence-electron chi connectivity index (χ1n) is 9.32. The number of hydrogen-bond donors (Lipinski definition) is 2. The normalized spacial score (nSPS) is 11.8. The molecule has 0 aliphatic heterocycles. The molecule has 31 heavy (non-hydrogen) atoms. The van der Waals surface area contributed by atoms with Gasteiger partial charge in [0.1, 0.15) is 6.26 Å². The van der Waals surface area contributed by atoms with Crippen LogP contribution < -0.4 is 10.6 Å². The molecule has 0 fully saturated rings. The molecule has 0 saturated heterocycles. The van der Waals surface area contributed by atoms with Crippen molar-refractivity contribution in [3.8, 4) is 11.5 Å². The van der Waals surface area contributed by atoms with Crippen molar-refractivity contribution in [2.24, 2.45) is 4.99 Å². The van der Waals surface area contributed by atoms with Gasteiger partial charge in [0, 0.05) is 43.9 Å². The third-order valence-electron chi connectivity index (χ3n) is 4.22. The monoisotopic (exact) mass is 565 g/mol. The predicted molar refractivity (Wildman–Crippen MR) is 126 cm³/mol. The minimum Gasteiger partial charge on any atom is -0.444 e. The summed E-state index contributed by atoms with van der Waals surface area (Å²) < 4.78 is 43.3. The van der Waals surface area contributed by atoms with Crippen LogP contribution in [0.2, 0.25) is 0 Å². The maximum absolute atomic E-state index is 12.6. The molecule has 0 aliphatic carbocycles. The van der Waals surface area contributed by atoms with Gasteiger partial charge in [-0.3, -0.25) is 4.99 Å². The van der Waals surface area contributed by atoms with E-state index in [9.17, 15) is 13.2 Å². The number of aryl methyl sites for hydroxylation is 1. The molecular formula is C20H23F3IN5OS. The van der Waals surface area contributed by atoms with Gasteiger partial charge in [-0.2, -0.15) is 13.2 Å². The van der Waals surface area contributed by atoms with E-state index in [2.05, 4.69) is 25.6 Å². The van der Waals surface area contributed by atoms with Gasteiger partial charge in [0.05, 0.1) is 10.7 Å². The van der Waals surface area contributed by atoms with E-state index in [4.69, 9.17) is 4.42 Å². The van der Waals surface area contributed by atoms with Crippen molar-refractivity contribution < 1.29 is 17.6 Å². The van der Waals surface area contributed by atoms with Crippen LogP contribution in [0, 0.1) is 6.92 Å². The summed E-state index contributed by atoms with van der Waals surface area (Å²) in [7, 11) is 1.63. The Morgan fingerprint density at radius 3 is 2.39 bits per heavy atom. The number of guanidine groups is 1. The number of rotatable bonds is 7. The Hall–Kier alpha value is -2.15. The zero-order valence-corrected chi connectivity index (χ0v) is 20.1. The quantitative estimate of drug-likeness (QED) is 0.247. The van der Waals surface area contributed by atoms with Crippen LogP contribution in [0.4, 0.5) is 13.2 Å². The summed E-state index contributed by atoms with van der Waals surface area (Å²) in [5.41, 5.74) is 2.07. The Balaban J connectivity index is 0.00000341. The molecule has 0 amide bonds. The molecule has 0 atom stereocenters. The maximum atomic E-state index is 12.6. The summed E-state index contributed by atoms with van der Waals surface area (Å²) in [5, 5.41) is 7.68. The fraction of sp³-hybridized carbons (Fsp3) is 0.350. The number of aliphatic imine (C=N–C) groups is 1. The largest absolute Gasteiger partial charge is 0.444 e. The predicted octanol–water partition coefficient (Wildman–Crippen LogP) is 4.69. The second-order valence-corrected chi connectivity index (χ2v) is 7.50. The van der Waals surface area contributed by atoms with Crippen LogP contribution in [0.15, 0.2) is 45.3 Å². The lowest BCUT2D eigenvalue weighted by Gasteiger charge is -2.10. The van der Waals surface area contributed by atoms with Crippen LogP contribution in [0.5, 0.6) is 0 Å². The molecule has 3 rings (SSSR count). The molecule has 0 saturated carbocycles. The molecule has 0 radical (unpaired) electrons. The van der Waals surface area contributed by atoms with Crippen LogP contribution in [0.1, 0.15) is 22.0 Å². The minimum atomic E-state index is -4.40. The number of aromatic nitrogens is 2. The number of benzene rings is 1. The molecule has 3 aromatic rings. The molecule has 1 aromatic carbocycles. The molecule has 11 heteroatoms. The fourth-order valence-electron chi connectivity index (χ4n) is 2.62. The van der Waals surface area contributed by atoms with Crippen LogP contribution in [0.3, 0.4) is 0 Å². The second-order valence-electron chi connectivity index (χ2n) is 6.56. The van der Waals surface area contributed by atoms with E-state index >= 15 is 0 Å². The van der Waals surface area contributed by atoms with Crippen molar-refractivity contribution in [3.63, 3.8) is 0 Å². The molecule has 2 N–H and O–H groups in total. The van der Waals surface area contributed by atoms with Gasteiger partial charge in [0.25, 0.3) is 0 Å². The van der Waals surface area contributed by atoms with Gasteiger partial charge in [-0.05, 0) is 19.1 Å². The summed E-state index contributed by atoms with van der Waals surface area (Å²) >= 11 is 1.00. The molecule has 0 unspecified atom stereocenters. The standard InChI is InChI=1S/C20H22F3N5OS.HI/c1-13-3-5-14(6-4-13)18-27-15(11-29-18)7-9-25-19(24-2)26-10-8-17-28-16(12-30-17)20(21,22)23;/h3-6,11-12H,7-10H2,1-2H3,(H2,24,25,26);1H. The second kappa shape index (κ2) is 11.5. The van der Waals surface area contributed by atoms with Gasteiger partial charge in [0.15, 0.2) is 11.7 Å². The van der Waals surface area contributed by atoms with E-state index in [-0.39, 0.29) is 24.0 Å². The van der Waals surface area contributed by atoms with Crippen molar-refractivity contribution >= 4 is 41.3 Å². The number of oxazole rings is 1. The highest BCUT2D eigenvalue weighted by atomic mass is 127. The summed E-state index contributed by atoms with van der Waals surface area (Å²) in [6, 6.07) is 7.95. The summed E-state index contributed by atoms with van der Waals surface area (Å²) in [6.45, 7) is 3.02. The van der Waals surface area contributed by atoms with Gasteiger partial charge in [-0.1, -0.05) is 17.7 Å². The van der Waals surface area contributed by atoms with Gasteiger partial charge < -0.3 is 15.1 Å². The minimum absolute atomic E-state index is 0. The Morgan fingerprint density at radius 1 is 1.10 bits per heavy atom. The third kappa shape index (κ3) is 7.49. The van der Waals surface area contributed by atoms with Crippen LogP contribution in [0.25, 0.3) is 11.5 Å². The van der Waals surface area contributed by atoms with E-state index in [0.29, 0.717) is 42.8 Å². The molecule has 2 aromatic heterocycles. The topological polar surface area (TPSA) is 75.3 Å². The van der Waals surface area contributed by atoms with Crippen molar-refractivity contribution in [1.29, 1.82) is 0 Å². The van der Waals surface area contributed by atoms with Crippen molar-refractivity contribution in [1.82, 2.24) is 20.6 Å². The summed E-state index contributed by atoms with van der Waals surface area (Å²) in [4.78, 5) is 12.2. The Morgan fingerprint density at radius 2 is 1.77 bits per heavy atom. The molecular weight excluding hydrogens is 542 g/mol. The summed E-state index contributed by atoms with van der Waals surface area (Å²) in [5.74, 6) is 1.14. The van der Waals surface area contributed by atoms with E-state index < -0.39 is 11.9 Å². The average molecular weight is 565 g/mol. The van der Waals surface area contributed by atoms with Gasteiger partial charge in [-0.25, -0.2) is 9.97 Å². The number of halogens is 4. The van der Waals surface area contributed by atoms with Gasteiger partial charge >= 0.3 is 6.18 Å². The van der Waals surface area contributed by atoms with Crippen LogP contribution in [-0.4, -0.2) is 36.1 Å². The highest BCUT2D eigenvalue weighted by Gasteiger charge is 2.33. The molecule has 0 aliphatic rings. The van der Waals surface area contributed by atoms with Gasteiger partial charge in [-0.15, -0.1) is 35.3 Å². The first-order valence-corrected chi connectivity index (χ1v) is 10.2. The van der Waals surface area contributed by atoms with Crippen molar-refractivity contribution in [2.45, 2.75) is 25.9 Å². The summed E-state index contributed by atoms with van der Waals surface area (Å²) in [6.07, 6.45) is -1.75. The fourth-order valence-corrected chi connectivity index (χ4v) is 3.43. The highest BCUT2D eigenvalue weighted by molar-refractivity contribution is 14.0. The Bertz CT molecular complexity index is 985. The first-order chi connectivity index (χ1) is 14.3. The number of thiazole rings is 1. The Kier molecular flexibility index (Phi) is 9.29. The van der Waals surface area contributed by atoms with Crippen molar-refractivity contribution in [2.75, 3.05) is 20.1 Å². The Labute approximate surface area is 199 Å². The molecule has 6 nitrogen and oxygen atoms in total. The zero-order chi connectivity index (χ0) is 21.6. The maximum Gasteiger partial charge on any atom is 0.434 e. The number of nitrogens with zero attached hydrogens (tertiary/aromatic N) is 3. The molecule has 0 spiro atoms. The zero-order valence-electron chi connectivity index (χ0n) is 17.0. The molecule has 0 bridgehead atoms. The lowest BCUT2D eigenvalue weighted by Crippen LogP contribution is -2.39. The average Bonchev–Trinajstić information content (AvgIpc) is 3.37. The van der Waals surface area contributed by atoms with Crippen molar-refractivity contribution in [3.05, 3.63) is 57.9 Å². The number of hydrogen-bond acceptors (Lipinski definition) is 5.